The van der Waals surface area contributed by atoms with Crippen LogP contribution in [0.1, 0.15) is 20.7 Å². The van der Waals surface area contributed by atoms with Gasteiger partial charge in [0.25, 0.3) is 11.8 Å². The minimum atomic E-state index is -0.232. The molecule has 2 aliphatic heterocycles. The number of fused-ring (bicyclic) bond motifs is 1. The van der Waals surface area contributed by atoms with Gasteiger partial charge in [-0.1, -0.05) is 0 Å². The number of nitrogens with zero attached hydrogens (tertiary/aromatic N) is 3. The monoisotopic (exact) mass is 288 g/mol. The summed E-state index contributed by atoms with van der Waals surface area (Å²) in [5.41, 5.74) is 7.10. The van der Waals surface area contributed by atoms with Crippen molar-refractivity contribution in [2.24, 2.45) is 0 Å². The SMILES string of the molecule is CN1CCN(C)C(CN2C(=O)c3ccc(N)cc3C2=O)C1. The second-order valence-electron chi connectivity index (χ2n) is 5.92. The molecule has 0 bridgehead atoms. The molecule has 6 nitrogen and oxygen atoms in total. The van der Waals surface area contributed by atoms with E-state index in [0.29, 0.717) is 23.4 Å². The van der Waals surface area contributed by atoms with Gasteiger partial charge in [-0.3, -0.25) is 19.4 Å². The molecule has 0 aromatic heterocycles. The van der Waals surface area contributed by atoms with Gasteiger partial charge in [0.05, 0.1) is 11.1 Å². The summed E-state index contributed by atoms with van der Waals surface area (Å²) < 4.78 is 0. The van der Waals surface area contributed by atoms with Crippen LogP contribution in [0.3, 0.4) is 0 Å². The molecule has 2 heterocycles. The maximum atomic E-state index is 12.4. The third-order valence-corrected chi connectivity index (χ3v) is 4.37. The maximum Gasteiger partial charge on any atom is 0.261 e. The van der Waals surface area contributed by atoms with Crippen molar-refractivity contribution in [1.82, 2.24) is 14.7 Å². The fourth-order valence-electron chi connectivity index (χ4n) is 2.98. The molecule has 2 N–H and O–H groups in total. The molecule has 6 heteroatoms. The number of carbonyl (C=O) groups excluding carboxylic acids is 2. The van der Waals surface area contributed by atoms with Crippen molar-refractivity contribution < 1.29 is 9.59 Å². The molecule has 2 aliphatic rings. The highest BCUT2D eigenvalue weighted by Gasteiger charge is 2.38. The lowest BCUT2D eigenvalue weighted by atomic mass is 10.1. The summed E-state index contributed by atoms with van der Waals surface area (Å²) in [5, 5.41) is 0. The largest absolute Gasteiger partial charge is 0.399 e. The first-order valence-corrected chi connectivity index (χ1v) is 7.12. The van der Waals surface area contributed by atoms with Gasteiger partial charge in [-0.15, -0.1) is 0 Å². The highest BCUT2D eigenvalue weighted by atomic mass is 16.2. The van der Waals surface area contributed by atoms with E-state index in [4.69, 9.17) is 5.73 Å². The summed E-state index contributed by atoms with van der Waals surface area (Å²) in [5.74, 6) is -0.444. The fourth-order valence-corrected chi connectivity index (χ4v) is 2.98. The lowest BCUT2D eigenvalue weighted by Crippen LogP contribution is -2.55. The zero-order valence-electron chi connectivity index (χ0n) is 12.4. The molecule has 2 amide bonds. The van der Waals surface area contributed by atoms with Crippen LogP contribution in [-0.2, 0) is 0 Å². The average molecular weight is 288 g/mol. The van der Waals surface area contributed by atoms with Crippen LogP contribution in [0.25, 0.3) is 0 Å². The molecular formula is C15H20N4O2. The van der Waals surface area contributed by atoms with Crippen LogP contribution >= 0.6 is 0 Å². The van der Waals surface area contributed by atoms with E-state index in [1.54, 1.807) is 18.2 Å². The first-order chi connectivity index (χ1) is 9.97. The third kappa shape index (κ3) is 2.41. The third-order valence-electron chi connectivity index (χ3n) is 4.37. The molecule has 21 heavy (non-hydrogen) atoms. The van der Waals surface area contributed by atoms with E-state index in [1.165, 1.54) is 4.90 Å². The van der Waals surface area contributed by atoms with Gasteiger partial charge < -0.3 is 10.6 Å². The van der Waals surface area contributed by atoms with Gasteiger partial charge in [-0.2, -0.15) is 0 Å². The molecule has 1 fully saturated rings. The molecule has 1 atom stereocenters. The number of carbonyl (C=O) groups is 2. The highest BCUT2D eigenvalue weighted by molar-refractivity contribution is 6.21. The molecule has 0 spiro atoms. The second kappa shape index (κ2) is 5.13. The van der Waals surface area contributed by atoms with E-state index < -0.39 is 0 Å². The number of amides is 2. The molecule has 0 radical (unpaired) electrons. The maximum absolute atomic E-state index is 12.4. The van der Waals surface area contributed by atoms with Crippen molar-refractivity contribution in [3.63, 3.8) is 0 Å². The van der Waals surface area contributed by atoms with Gasteiger partial charge in [0, 0.05) is 37.9 Å². The lowest BCUT2D eigenvalue weighted by molar-refractivity contribution is 0.0516. The van der Waals surface area contributed by atoms with Crippen molar-refractivity contribution in [2.75, 3.05) is 46.0 Å². The van der Waals surface area contributed by atoms with Gasteiger partial charge >= 0.3 is 0 Å². The van der Waals surface area contributed by atoms with Crippen LogP contribution in [0, 0.1) is 0 Å². The van der Waals surface area contributed by atoms with Crippen LogP contribution in [0.4, 0.5) is 5.69 Å². The standard InChI is InChI=1S/C15H20N4O2/c1-17-5-6-18(2)11(8-17)9-19-14(20)12-4-3-10(16)7-13(12)15(19)21/h3-4,7,11H,5-6,8-9,16H2,1-2H3. The van der Waals surface area contributed by atoms with Gasteiger partial charge in [0.2, 0.25) is 0 Å². The van der Waals surface area contributed by atoms with Crippen LogP contribution in [0.15, 0.2) is 18.2 Å². The Morgan fingerprint density at radius 1 is 1.14 bits per heavy atom. The summed E-state index contributed by atoms with van der Waals surface area (Å²) >= 11 is 0. The molecule has 1 saturated heterocycles. The summed E-state index contributed by atoms with van der Waals surface area (Å²) in [4.78, 5) is 30.6. The minimum absolute atomic E-state index is 0.170. The summed E-state index contributed by atoms with van der Waals surface area (Å²) in [6.45, 7) is 3.22. The molecular weight excluding hydrogens is 268 g/mol. The van der Waals surface area contributed by atoms with Crippen LogP contribution in [-0.4, -0.2) is 72.8 Å². The number of imide groups is 1. The van der Waals surface area contributed by atoms with Gasteiger partial charge in [-0.25, -0.2) is 0 Å². The number of hydrogen-bond donors (Lipinski definition) is 1. The minimum Gasteiger partial charge on any atom is -0.399 e. The Hall–Kier alpha value is -1.92. The normalized spacial score (nSPS) is 23.7. The quantitative estimate of drug-likeness (QED) is 0.618. The molecule has 1 unspecified atom stereocenters. The molecule has 1 aromatic carbocycles. The number of hydrogen-bond acceptors (Lipinski definition) is 5. The van der Waals surface area contributed by atoms with Crippen molar-refractivity contribution in [3.8, 4) is 0 Å². The van der Waals surface area contributed by atoms with Crippen molar-refractivity contribution >= 4 is 17.5 Å². The molecule has 1 aromatic rings. The first kappa shape index (κ1) is 14.0. The molecule has 0 saturated carbocycles. The second-order valence-corrected chi connectivity index (χ2v) is 5.92. The van der Waals surface area contributed by atoms with Crippen LogP contribution in [0.5, 0.6) is 0 Å². The number of likely N-dealkylation sites (N-methyl/N-ethyl adjacent to an activating group) is 2. The zero-order chi connectivity index (χ0) is 15.1. The Kier molecular flexibility index (Phi) is 3.43. The molecule has 0 aliphatic carbocycles. The van der Waals surface area contributed by atoms with Gasteiger partial charge in [-0.05, 0) is 32.3 Å². The highest BCUT2D eigenvalue weighted by Crippen LogP contribution is 2.25. The van der Waals surface area contributed by atoms with Crippen molar-refractivity contribution in [2.45, 2.75) is 6.04 Å². The lowest BCUT2D eigenvalue weighted by Gasteiger charge is -2.39. The predicted molar refractivity (Wildman–Crippen MR) is 80.1 cm³/mol. The number of rotatable bonds is 2. The van der Waals surface area contributed by atoms with E-state index in [2.05, 4.69) is 16.8 Å². The molecule has 112 valence electrons. The Morgan fingerprint density at radius 2 is 1.86 bits per heavy atom. The van der Waals surface area contributed by atoms with E-state index >= 15 is 0 Å². The smallest absolute Gasteiger partial charge is 0.261 e. The van der Waals surface area contributed by atoms with E-state index in [9.17, 15) is 9.59 Å². The molecule has 3 rings (SSSR count). The number of nitrogen functional groups attached to an aromatic ring is 1. The predicted octanol–water partition coefficient (Wildman–Crippen LogP) is 0.111. The fraction of sp³-hybridized carbons (Fsp3) is 0.467. The number of piperazine rings is 1. The van der Waals surface area contributed by atoms with E-state index in [1.807, 2.05) is 7.05 Å². The topological polar surface area (TPSA) is 69.9 Å². The number of anilines is 1. The zero-order valence-corrected chi connectivity index (χ0v) is 12.4. The van der Waals surface area contributed by atoms with Crippen LogP contribution in [0.2, 0.25) is 0 Å². The summed E-state index contributed by atoms with van der Waals surface area (Å²) in [6.07, 6.45) is 0. The number of benzene rings is 1. The average Bonchev–Trinajstić information content (AvgIpc) is 2.67. The Labute approximate surface area is 124 Å². The van der Waals surface area contributed by atoms with Crippen LogP contribution < -0.4 is 5.73 Å². The van der Waals surface area contributed by atoms with Crippen molar-refractivity contribution in [3.05, 3.63) is 29.3 Å². The van der Waals surface area contributed by atoms with Gasteiger partial charge in [0.1, 0.15) is 0 Å². The van der Waals surface area contributed by atoms with Crippen molar-refractivity contribution in [1.29, 1.82) is 0 Å². The Morgan fingerprint density at radius 3 is 2.62 bits per heavy atom. The van der Waals surface area contributed by atoms with E-state index in [0.717, 1.165) is 19.6 Å². The first-order valence-electron chi connectivity index (χ1n) is 7.12. The Balaban J connectivity index is 1.81. The summed E-state index contributed by atoms with van der Waals surface area (Å²) in [6, 6.07) is 5.06. The van der Waals surface area contributed by atoms with E-state index in [-0.39, 0.29) is 17.9 Å². The summed E-state index contributed by atoms with van der Waals surface area (Å²) in [7, 11) is 4.09. The Bertz CT molecular complexity index is 601. The van der Waals surface area contributed by atoms with Gasteiger partial charge in [0.15, 0.2) is 0 Å². The number of nitrogens with two attached hydrogens (primary N) is 1.